The lowest BCUT2D eigenvalue weighted by Gasteiger charge is -2.25. The molecule has 19 heavy (non-hydrogen) atoms. The Hall–Kier alpha value is -1.35. The van der Waals surface area contributed by atoms with E-state index in [1.54, 1.807) is 0 Å². The summed E-state index contributed by atoms with van der Waals surface area (Å²) in [6.07, 6.45) is 4.61. The average molecular weight is 257 g/mol. The molecule has 4 rings (SSSR count). The smallest absolute Gasteiger partial charge is 0.228 e. The van der Waals surface area contributed by atoms with Gasteiger partial charge < -0.3 is 9.64 Å². The van der Waals surface area contributed by atoms with Gasteiger partial charge >= 0.3 is 0 Å². The minimum atomic E-state index is -0.149. The fraction of sp³-hybridized carbons (Fsp3) is 0.562. The Morgan fingerprint density at radius 3 is 2.74 bits per heavy atom. The lowest BCUT2D eigenvalue weighted by atomic mass is 9.78. The van der Waals surface area contributed by atoms with Gasteiger partial charge in [-0.25, -0.2) is 0 Å². The molecule has 3 nitrogen and oxygen atoms in total. The van der Waals surface area contributed by atoms with Gasteiger partial charge in [0.1, 0.15) is 0 Å². The van der Waals surface area contributed by atoms with E-state index < -0.39 is 0 Å². The molecule has 0 bridgehead atoms. The first-order valence-electron chi connectivity index (χ1n) is 7.35. The van der Waals surface area contributed by atoms with Crippen molar-refractivity contribution in [3.8, 4) is 0 Å². The fourth-order valence-corrected chi connectivity index (χ4v) is 4.13. The summed E-state index contributed by atoms with van der Waals surface area (Å²) in [6, 6.07) is 10.5. The van der Waals surface area contributed by atoms with Crippen LogP contribution in [0.2, 0.25) is 0 Å². The molecule has 4 atom stereocenters. The van der Waals surface area contributed by atoms with Gasteiger partial charge in [0.05, 0.1) is 12.6 Å². The first kappa shape index (κ1) is 11.5. The normalized spacial score (nSPS) is 37.3. The number of ether oxygens (including phenoxy) is 1. The Bertz CT molecular complexity index is 487. The number of hydrogen-bond donors (Lipinski definition) is 0. The molecule has 3 heteroatoms. The van der Waals surface area contributed by atoms with E-state index >= 15 is 0 Å². The molecule has 0 spiro atoms. The van der Waals surface area contributed by atoms with Gasteiger partial charge in [0, 0.05) is 11.5 Å². The fourth-order valence-electron chi connectivity index (χ4n) is 4.13. The van der Waals surface area contributed by atoms with Gasteiger partial charge in [-0.3, -0.25) is 4.79 Å². The highest BCUT2D eigenvalue weighted by Crippen LogP contribution is 2.48. The topological polar surface area (TPSA) is 29.5 Å². The van der Waals surface area contributed by atoms with Crippen LogP contribution in [0.4, 0.5) is 0 Å². The highest BCUT2D eigenvalue weighted by atomic mass is 16.5. The van der Waals surface area contributed by atoms with E-state index in [1.807, 2.05) is 23.1 Å². The number of carbonyl (C=O) groups excluding carboxylic acids is 1. The minimum absolute atomic E-state index is 0.149. The van der Waals surface area contributed by atoms with Crippen LogP contribution in [0.1, 0.15) is 37.5 Å². The zero-order valence-electron chi connectivity index (χ0n) is 11.0. The molecule has 2 aliphatic heterocycles. The lowest BCUT2D eigenvalue weighted by Crippen LogP contribution is -2.32. The summed E-state index contributed by atoms with van der Waals surface area (Å²) in [4.78, 5) is 14.7. The van der Waals surface area contributed by atoms with Crippen molar-refractivity contribution < 1.29 is 9.53 Å². The lowest BCUT2D eigenvalue weighted by molar-refractivity contribution is -0.138. The number of carbonyl (C=O) groups is 1. The van der Waals surface area contributed by atoms with Crippen LogP contribution < -0.4 is 0 Å². The molecule has 1 amide bonds. The van der Waals surface area contributed by atoms with Crippen molar-refractivity contribution in [3.63, 3.8) is 0 Å². The van der Waals surface area contributed by atoms with Gasteiger partial charge in [0.15, 0.2) is 6.23 Å². The quantitative estimate of drug-likeness (QED) is 0.774. The summed E-state index contributed by atoms with van der Waals surface area (Å²) < 4.78 is 5.93. The molecule has 2 saturated heterocycles. The number of benzene rings is 1. The van der Waals surface area contributed by atoms with Gasteiger partial charge in [-0.05, 0) is 18.8 Å². The second-order valence-corrected chi connectivity index (χ2v) is 5.96. The number of nitrogens with zero attached hydrogens (tertiary/aromatic N) is 1. The molecule has 2 heterocycles. The van der Waals surface area contributed by atoms with E-state index in [9.17, 15) is 4.79 Å². The SMILES string of the molecule is O=C1C2CCCCC2C2CO[C@@H](c3ccccc3)N12. The molecule has 0 aromatic heterocycles. The average Bonchev–Trinajstić information content (AvgIpc) is 3.02. The molecule has 1 saturated carbocycles. The number of rotatable bonds is 1. The molecule has 1 aromatic carbocycles. The number of hydrogen-bond acceptors (Lipinski definition) is 2. The number of fused-ring (bicyclic) bond motifs is 3. The van der Waals surface area contributed by atoms with Crippen molar-refractivity contribution in [2.75, 3.05) is 6.61 Å². The van der Waals surface area contributed by atoms with Gasteiger partial charge in [0.25, 0.3) is 0 Å². The molecule has 3 unspecified atom stereocenters. The van der Waals surface area contributed by atoms with Gasteiger partial charge in [-0.2, -0.15) is 0 Å². The molecule has 1 aliphatic carbocycles. The van der Waals surface area contributed by atoms with Gasteiger partial charge in [-0.1, -0.05) is 43.2 Å². The standard InChI is InChI=1S/C16H19NO2/c18-15-13-9-5-4-8-12(13)14-10-19-16(17(14)15)11-6-2-1-3-7-11/h1-3,6-7,12-14,16H,4-5,8-10H2/t12?,13?,14?,16-/m0/s1. The Morgan fingerprint density at radius 2 is 1.89 bits per heavy atom. The minimum Gasteiger partial charge on any atom is -0.352 e. The Kier molecular flexibility index (Phi) is 2.62. The summed E-state index contributed by atoms with van der Waals surface area (Å²) in [5.74, 6) is 1.14. The van der Waals surface area contributed by atoms with Crippen molar-refractivity contribution in [2.24, 2.45) is 11.8 Å². The predicted octanol–water partition coefficient (Wildman–Crippen LogP) is 2.73. The first-order chi connectivity index (χ1) is 9.36. The van der Waals surface area contributed by atoms with Crippen molar-refractivity contribution in [3.05, 3.63) is 35.9 Å². The van der Waals surface area contributed by atoms with Crippen LogP contribution in [0.25, 0.3) is 0 Å². The van der Waals surface area contributed by atoms with Crippen molar-refractivity contribution in [1.29, 1.82) is 0 Å². The van der Waals surface area contributed by atoms with Crippen LogP contribution in [-0.2, 0) is 9.53 Å². The summed E-state index contributed by atoms with van der Waals surface area (Å²) in [7, 11) is 0. The Labute approximate surface area is 113 Å². The van der Waals surface area contributed by atoms with Crippen molar-refractivity contribution in [2.45, 2.75) is 38.0 Å². The van der Waals surface area contributed by atoms with E-state index in [0.29, 0.717) is 24.5 Å². The highest BCUT2D eigenvalue weighted by Gasteiger charge is 2.54. The third-order valence-corrected chi connectivity index (χ3v) is 5.00. The first-order valence-corrected chi connectivity index (χ1v) is 7.35. The second kappa shape index (κ2) is 4.34. The maximum Gasteiger partial charge on any atom is 0.228 e. The van der Waals surface area contributed by atoms with Crippen molar-refractivity contribution >= 4 is 5.91 Å². The zero-order chi connectivity index (χ0) is 12.8. The van der Waals surface area contributed by atoms with Gasteiger partial charge in [-0.15, -0.1) is 0 Å². The van der Waals surface area contributed by atoms with Crippen LogP contribution >= 0.6 is 0 Å². The third-order valence-electron chi connectivity index (χ3n) is 5.00. The maximum absolute atomic E-state index is 12.7. The summed E-state index contributed by atoms with van der Waals surface area (Å²) in [5, 5.41) is 0. The summed E-state index contributed by atoms with van der Waals surface area (Å²) in [6.45, 7) is 0.715. The van der Waals surface area contributed by atoms with E-state index in [4.69, 9.17) is 4.74 Å². The molecule has 3 fully saturated rings. The molecular weight excluding hydrogens is 238 g/mol. The second-order valence-electron chi connectivity index (χ2n) is 5.96. The van der Waals surface area contributed by atoms with Crippen LogP contribution in [0.15, 0.2) is 30.3 Å². The van der Waals surface area contributed by atoms with Crippen LogP contribution in [-0.4, -0.2) is 23.5 Å². The highest BCUT2D eigenvalue weighted by molar-refractivity contribution is 5.83. The Morgan fingerprint density at radius 1 is 1.11 bits per heavy atom. The van der Waals surface area contributed by atoms with E-state index in [-0.39, 0.29) is 12.1 Å². The summed E-state index contributed by atoms with van der Waals surface area (Å²) in [5.41, 5.74) is 1.11. The van der Waals surface area contributed by atoms with Gasteiger partial charge in [0.2, 0.25) is 5.91 Å². The molecular formula is C16H19NO2. The molecule has 0 radical (unpaired) electrons. The van der Waals surface area contributed by atoms with E-state index in [1.165, 1.54) is 19.3 Å². The van der Waals surface area contributed by atoms with Crippen LogP contribution in [0.3, 0.4) is 0 Å². The largest absolute Gasteiger partial charge is 0.352 e. The molecule has 0 N–H and O–H groups in total. The molecule has 100 valence electrons. The molecule has 1 aromatic rings. The third kappa shape index (κ3) is 1.64. The van der Waals surface area contributed by atoms with E-state index in [0.717, 1.165) is 12.0 Å². The van der Waals surface area contributed by atoms with Crippen LogP contribution in [0.5, 0.6) is 0 Å². The summed E-state index contributed by atoms with van der Waals surface area (Å²) >= 11 is 0. The van der Waals surface area contributed by atoms with Crippen LogP contribution in [0, 0.1) is 11.8 Å². The number of amides is 1. The van der Waals surface area contributed by atoms with E-state index in [2.05, 4.69) is 12.1 Å². The predicted molar refractivity (Wildman–Crippen MR) is 71.2 cm³/mol. The maximum atomic E-state index is 12.7. The molecule has 3 aliphatic rings. The Balaban J connectivity index is 1.66. The zero-order valence-corrected chi connectivity index (χ0v) is 11.0. The van der Waals surface area contributed by atoms with Crippen molar-refractivity contribution in [1.82, 2.24) is 4.90 Å². The monoisotopic (exact) mass is 257 g/mol.